The standard InChI is InChI=1S/C24H21BrCl2N2O3S/c1-16-12-18-13-19(25)6-11-23(18)29(16)24(30)15-28(14-17-4-2-3-5-22(17)27)33(31,32)21-9-7-20(26)8-10-21/h2-11,13,16H,12,14-15H2,1H3. The van der Waals surface area contributed by atoms with Gasteiger partial charge in [0.25, 0.3) is 0 Å². The molecule has 0 spiro atoms. The van der Waals surface area contributed by atoms with Crippen molar-refractivity contribution in [3.05, 3.63) is 92.4 Å². The van der Waals surface area contributed by atoms with E-state index >= 15 is 0 Å². The third kappa shape index (κ3) is 5.12. The normalized spacial score (nSPS) is 15.7. The molecular formula is C24H21BrCl2N2O3S. The van der Waals surface area contributed by atoms with Gasteiger partial charge in [-0.05, 0) is 73.0 Å². The van der Waals surface area contributed by atoms with Crippen molar-refractivity contribution in [1.82, 2.24) is 4.31 Å². The van der Waals surface area contributed by atoms with E-state index in [0.717, 1.165) is 15.7 Å². The second-order valence-corrected chi connectivity index (χ2v) is 11.6. The predicted molar refractivity (Wildman–Crippen MR) is 135 cm³/mol. The van der Waals surface area contributed by atoms with Crippen molar-refractivity contribution >= 4 is 60.7 Å². The molecule has 4 rings (SSSR count). The number of carbonyl (C=O) groups is 1. The predicted octanol–water partition coefficient (Wildman–Crippen LogP) is 5.92. The number of carbonyl (C=O) groups excluding carboxylic acids is 1. The summed E-state index contributed by atoms with van der Waals surface area (Å²) in [4.78, 5) is 15.2. The van der Waals surface area contributed by atoms with Crippen molar-refractivity contribution in [3.63, 3.8) is 0 Å². The van der Waals surface area contributed by atoms with Crippen molar-refractivity contribution in [1.29, 1.82) is 0 Å². The smallest absolute Gasteiger partial charge is 0.243 e. The summed E-state index contributed by atoms with van der Waals surface area (Å²) in [5.41, 5.74) is 2.46. The van der Waals surface area contributed by atoms with Crippen LogP contribution in [0.1, 0.15) is 18.1 Å². The number of nitrogens with zero attached hydrogens (tertiary/aromatic N) is 2. The first kappa shape index (κ1) is 24.2. The average Bonchev–Trinajstić information content (AvgIpc) is 3.09. The van der Waals surface area contributed by atoms with E-state index in [4.69, 9.17) is 23.2 Å². The lowest BCUT2D eigenvalue weighted by Crippen LogP contribution is -2.44. The minimum atomic E-state index is -4.00. The summed E-state index contributed by atoms with van der Waals surface area (Å²) in [7, 11) is -4.00. The topological polar surface area (TPSA) is 57.7 Å². The van der Waals surface area contributed by atoms with Gasteiger partial charge in [-0.2, -0.15) is 4.31 Å². The van der Waals surface area contributed by atoms with Crippen LogP contribution in [0.4, 0.5) is 5.69 Å². The molecular weight excluding hydrogens is 547 g/mol. The molecule has 0 bridgehead atoms. The van der Waals surface area contributed by atoms with Gasteiger partial charge in [-0.15, -0.1) is 0 Å². The van der Waals surface area contributed by atoms with Crippen LogP contribution in [0.25, 0.3) is 0 Å². The van der Waals surface area contributed by atoms with Gasteiger partial charge in [-0.3, -0.25) is 4.79 Å². The number of fused-ring (bicyclic) bond motifs is 1. The largest absolute Gasteiger partial charge is 0.308 e. The van der Waals surface area contributed by atoms with Crippen molar-refractivity contribution in [2.24, 2.45) is 0 Å². The Morgan fingerprint density at radius 1 is 1.09 bits per heavy atom. The van der Waals surface area contributed by atoms with Gasteiger partial charge in [0.1, 0.15) is 0 Å². The summed E-state index contributed by atoms with van der Waals surface area (Å²) in [6, 6.07) is 18.6. The van der Waals surface area contributed by atoms with Crippen LogP contribution in [0.2, 0.25) is 10.0 Å². The van der Waals surface area contributed by atoms with E-state index in [1.807, 2.05) is 25.1 Å². The molecule has 0 saturated heterocycles. The molecule has 1 aliphatic rings. The number of hydrogen-bond acceptors (Lipinski definition) is 3. The van der Waals surface area contributed by atoms with Gasteiger partial charge < -0.3 is 4.90 Å². The molecule has 3 aromatic rings. The van der Waals surface area contributed by atoms with Crippen LogP contribution in [0.15, 0.2) is 76.1 Å². The number of rotatable bonds is 6. The van der Waals surface area contributed by atoms with Crippen molar-refractivity contribution in [2.45, 2.75) is 30.8 Å². The first-order chi connectivity index (χ1) is 15.7. The summed E-state index contributed by atoms with van der Waals surface area (Å²) in [5.74, 6) is -0.298. The van der Waals surface area contributed by atoms with E-state index in [1.165, 1.54) is 28.6 Å². The molecule has 9 heteroatoms. The van der Waals surface area contributed by atoms with Gasteiger partial charge in [-0.1, -0.05) is 57.3 Å². The summed E-state index contributed by atoms with van der Waals surface area (Å²) >= 11 is 15.7. The Labute approximate surface area is 212 Å². The Morgan fingerprint density at radius 2 is 1.79 bits per heavy atom. The van der Waals surface area contributed by atoms with E-state index in [0.29, 0.717) is 22.0 Å². The molecule has 0 fully saturated rings. The maximum Gasteiger partial charge on any atom is 0.243 e. The first-order valence-electron chi connectivity index (χ1n) is 10.3. The zero-order chi connectivity index (χ0) is 23.8. The second kappa shape index (κ2) is 9.76. The Bertz CT molecular complexity index is 1300. The van der Waals surface area contributed by atoms with Gasteiger partial charge in [0, 0.05) is 32.8 Å². The third-order valence-electron chi connectivity index (χ3n) is 5.59. The molecule has 1 atom stereocenters. The van der Waals surface area contributed by atoms with Crippen LogP contribution in [0, 0.1) is 0 Å². The number of benzene rings is 3. The lowest BCUT2D eigenvalue weighted by molar-refractivity contribution is -0.119. The van der Waals surface area contributed by atoms with Gasteiger partial charge >= 0.3 is 0 Å². The monoisotopic (exact) mass is 566 g/mol. The molecule has 0 aliphatic carbocycles. The van der Waals surface area contributed by atoms with Gasteiger partial charge in [0.15, 0.2) is 0 Å². The maximum absolute atomic E-state index is 13.5. The molecule has 0 N–H and O–H groups in total. The van der Waals surface area contributed by atoms with Crippen LogP contribution in [-0.4, -0.2) is 31.2 Å². The quantitative estimate of drug-likeness (QED) is 0.371. The fourth-order valence-corrected chi connectivity index (χ4v) is 6.10. The number of anilines is 1. The second-order valence-electron chi connectivity index (χ2n) is 7.91. The van der Waals surface area contributed by atoms with E-state index in [2.05, 4.69) is 15.9 Å². The third-order valence-corrected chi connectivity index (χ3v) is 8.51. The Balaban J connectivity index is 1.69. The molecule has 1 unspecified atom stereocenters. The zero-order valence-electron chi connectivity index (χ0n) is 17.7. The molecule has 3 aromatic carbocycles. The lowest BCUT2D eigenvalue weighted by atomic mass is 10.1. The molecule has 1 aliphatic heterocycles. The van der Waals surface area contributed by atoms with E-state index in [-0.39, 0.29) is 29.9 Å². The lowest BCUT2D eigenvalue weighted by Gasteiger charge is -2.28. The highest BCUT2D eigenvalue weighted by atomic mass is 79.9. The molecule has 1 heterocycles. The molecule has 5 nitrogen and oxygen atoms in total. The average molecular weight is 568 g/mol. The first-order valence-corrected chi connectivity index (χ1v) is 13.3. The van der Waals surface area contributed by atoms with Crippen molar-refractivity contribution in [2.75, 3.05) is 11.4 Å². The van der Waals surface area contributed by atoms with Crippen LogP contribution in [0.5, 0.6) is 0 Å². The molecule has 172 valence electrons. The van der Waals surface area contributed by atoms with Crippen LogP contribution < -0.4 is 4.90 Å². The van der Waals surface area contributed by atoms with Gasteiger partial charge in [0.05, 0.1) is 11.4 Å². The summed E-state index contributed by atoms with van der Waals surface area (Å²) in [6.45, 7) is 1.60. The zero-order valence-corrected chi connectivity index (χ0v) is 21.6. The summed E-state index contributed by atoms with van der Waals surface area (Å²) in [6.07, 6.45) is 0.703. The van der Waals surface area contributed by atoms with Crippen molar-refractivity contribution < 1.29 is 13.2 Å². The van der Waals surface area contributed by atoms with Gasteiger partial charge in [-0.25, -0.2) is 8.42 Å². The van der Waals surface area contributed by atoms with Crippen LogP contribution in [-0.2, 0) is 27.8 Å². The Hall–Kier alpha value is -1.90. The Kier molecular flexibility index (Phi) is 7.17. The van der Waals surface area contributed by atoms with Gasteiger partial charge in [0.2, 0.25) is 15.9 Å². The highest BCUT2D eigenvalue weighted by Gasteiger charge is 2.35. The molecule has 33 heavy (non-hydrogen) atoms. The van der Waals surface area contributed by atoms with E-state index < -0.39 is 10.0 Å². The highest BCUT2D eigenvalue weighted by molar-refractivity contribution is 9.10. The SMILES string of the molecule is CC1Cc2cc(Br)ccc2N1C(=O)CN(Cc1ccccc1Cl)S(=O)(=O)c1ccc(Cl)cc1. The molecule has 0 radical (unpaired) electrons. The summed E-state index contributed by atoms with van der Waals surface area (Å²) in [5, 5.41) is 0.863. The molecule has 1 amide bonds. The van der Waals surface area contributed by atoms with Crippen LogP contribution >= 0.6 is 39.1 Å². The fourth-order valence-electron chi connectivity index (χ4n) is 4.00. The maximum atomic E-state index is 13.5. The van der Waals surface area contributed by atoms with Crippen LogP contribution in [0.3, 0.4) is 0 Å². The summed E-state index contributed by atoms with van der Waals surface area (Å²) < 4.78 is 29.2. The number of halogens is 3. The highest BCUT2D eigenvalue weighted by Crippen LogP contribution is 2.34. The minimum Gasteiger partial charge on any atom is -0.308 e. The van der Waals surface area contributed by atoms with E-state index in [9.17, 15) is 13.2 Å². The molecule has 0 aromatic heterocycles. The molecule has 0 saturated carbocycles. The van der Waals surface area contributed by atoms with Crippen molar-refractivity contribution in [3.8, 4) is 0 Å². The number of sulfonamides is 1. The Morgan fingerprint density at radius 3 is 2.48 bits per heavy atom. The number of amides is 1. The van der Waals surface area contributed by atoms with E-state index in [1.54, 1.807) is 29.2 Å². The number of hydrogen-bond donors (Lipinski definition) is 0. The minimum absolute atomic E-state index is 0.0359. The fraction of sp³-hybridized carbons (Fsp3) is 0.208.